The van der Waals surface area contributed by atoms with Crippen LogP contribution in [0.15, 0.2) is 12.1 Å². The zero-order valence-corrected chi connectivity index (χ0v) is 10.2. The fraction of sp³-hybridized carbons (Fsp3) is 0.545. The average molecular weight is 263 g/mol. The van der Waals surface area contributed by atoms with Crippen molar-refractivity contribution >= 4 is 11.6 Å². The van der Waals surface area contributed by atoms with Crippen molar-refractivity contribution in [3.8, 4) is 0 Å². The van der Waals surface area contributed by atoms with E-state index in [9.17, 15) is 13.2 Å². The number of hydrogen-bond acceptors (Lipinski definition) is 4. The maximum atomic E-state index is 12.6. The highest BCUT2D eigenvalue weighted by molar-refractivity contribution is 5.47. The molecule has 1 rings (SSSR count). The predicted molar refractivity (Wildman–Crippen MR) is 63.2 cm³/mol. The Hall–Kier alpha value is -1.50. The van der Waals surface area contributed by atoms with Crippen LogP contribution in [0, 0.1) is 0 Å². The summed E-state index contributed by atoms with van der Waals surface area (Å²) in [5, 5.41) is 2.81. The summed E-state index contributed by atoms with van der Waals surface area (Å²) in [5.74, 6) is -0.0783. The second kappa shape index (κ2) is 5.90. The van der Waals surface area contributed by atoms with Crippen molar-refractivity contribution in [1.82, 2.24) is 4.98 Å². The summed E-state index contributed by atoms with van der Waals surface area (Å²) < 4.78 is 42.8. The number of aromatic nitrogens is 1. The largest absolute Gasteiger partial charge is 0.416 e. The van der Waals surface area contributed by atoms with E-state index in [4.69, 9.17) is 10.5 Å². The van der Waals surface area contributed by atoms with Gasteiger partial charge in [-0.25, -0.2) is 4.98 Å². The molecule has 7 heteroatoms. The average Bonchev–Trinajstić information content (AvgIpc) is 2.24. The van der Waals surface area contributed by atoms with Gasteiger partial charge in [-0.15, -0.1) is 0 Å². The van der Waals surface area contributed by atoms with Gasteiger partial charge in [0.2, 0.25) is 0 Å². The molecular formula is C11H16F3N3O. The number of nitrogens with one attached hydrogen (secondary N) is 1. The standard InChI is InChI=1S/C11H16F3N3O/c1-3-18-6-7(2)16-10-5-8(11(12,13)14)4-9(15)17-10/h4-5,7H,3,6H2,1-2H3,(H3,15,16,17). The molecule has 1 aromatic rings. The van der Waals surface area contributed by atoms with Crippen LogP contribution in [-0.2, 0) is 10.9 Å². The second-order valence-corrected chi connectivity index (χ2v) is 3.87. The van der Waals surface area contributed by atoms with Gasteiger partial charge in [-0.2, -0.15) is 13.2 Å². The normalized spacial score (nSPS) is 13.4. The molecule has 102 valence electrons. The zero-order chi connectivity index (χ0) is 13.8. The van der Waals surface area contributed by atoms with Crippen molar-refractivity contribution in [3.05, 3.63) is 17.7 Å². The van der Waals surface area contributed by atoms with E-state index >= 15 is 0 Å². The topological polar surface area (TPSA) is 60.2 Å². The molecule has 3 N–H and O–H groups in total. The third kappa shape index (κ3) is 4.40. The van der Waals surface area contributed by atoms with Crippen LogP contribution < -0.4 is 11.1 Å². The molecule has 1 atom stereocenters. The Bertz CT molecular complexity index is 396. The Balaban J connectivity index is 2.80. The fourth-order valence-corrected chi connectivity index (χ4v) is 1.38. The smallest absolute Gasteiger partial charge is 0.384 e. The molecule has 1 aromatic heterocycles. The maximum Gasteiger partial charge on any atom is 0.416 e. The number of rotatable bonds is 5. The number of nitrogens with two attached hydrogens (primary N) is 1. The molecule has 0 aliphatic rings. The van der Waals surface area contributed by atoms with Crippen LogP contribution >= 0.6 is 0 Å². The van der Waals surface area contributed by atoms with Crippen LogP contribution in [0.4, 0.5) is 24.8 Å². The van der Waals surface area contributed by atoms with E-state index in [2.05, 4.69) is 10.3 Å². The number of hydrogen-bond donors (Lipinski definition) is 2. The molecule has 0 aromatic carbocycles. The molecule has 18 heavy (non-hydrogen) atoms. The Morgan fingerprint density at radius 3 is 2.67 bits per heavy atom. The van der Waals surface area contributed by atoms with Crippen LogP contribution in [0.1, 0.15) is 19.4 Å². The highest BCUT2D eigenvalue weighted by atomic mass is 19.4. The van der Waals surface area contributed by atoms with Crippen molar-refractivity contribution in [1.29, 1.82) is 0 Å². The summed E-state index contributed by atoms with van der Waals surface area (Å²) in [6.45, 7) is 4.56. The highest BCUT2D eigenvalue weighted by Gasteiger charge is 2.31. The third-order valence-corrected chi connectivity index (χ3v) is 2.14. The molecular weight excluding hydrogens is 247 g/mol. The molecule has 0 amide bonds. The monoisotopic (exact) mass is 263 g/mol. The van der Waals surface area contributed by atoms with Crippen molar-refractivity contribution in [2.75, 3.05) is 24.3 Å². The van der Waals surface area contributed by atoms with Gasteiger partial charge in [0.05, 0.1) is 12.2 Å². The first-order chi connectivity index (χ1) is 8.32. The van der Waals surface area contributed by atoms with E-state index in [1.807, 2.05) is 6.92 Å². The van der Waals surface area contributed by atoms with E-state index in [0.717, 1.165) is 12.1 Å². The van der Waals surface area contributed by atoms with Gasteiger partial charge in [0.1, 0.15) is 11.6 Å². The molecule has 4 nitrogen and oxygen atoms in total. The third-order valence-electron chi connectivity index (χ3n) is 2.14. The fourth-order valence-electron chi connectivity index (χ4n) is 1.38. The summed E-state index contributed by atoms with van der Waals surface area (Å²) >= 11 is 0. The SMILES string of the molecule is CCOCC(C)Nc1cc(C(F)(F)F)cc(N)n1. The van der Waals surface area contributed by atoms with E-state index in [1.165, 1.54) is 0 Å². The van der Waals surface area contributed by atoms with Crippen LogP contribution in [-0.4, -0.2) is 24.2 Å². The lowest BCUT2D eigenvalue weighted by molar-refractivity contribution is -0.137. The summed E-state index contributed by atoms with van der Waals surface area (Å²) in [5.41, 5.74) is 4.53. The molecule has 0 fully saturated rings. The summed E-state index contributed by atoms with van der Waals surface area (Å²) in [6, 6.07) is 1.58. The summed E-state index contributed by atoms with van der Waals surface area (Å²) in [6.07, 6.45) is -4.43. The molecule has 1 heterocycles. The minimum absolute atomic E-state index is 0.0922. The number of pyridine rings is 1. The Morgan fingerprint density at radius 2 is 2.11 bits per heavy atom. The first kappa shape index (κ1) is 14.6. The van der Waals surface area contributed by atoms with Crippen molar-refractivity contribution in [2.24, 2.45) is 0 Å². The van der Waals surface area contributed by atoms with Crippen molar-refractivity contribution < 1.29 is 17.9 Å². The molecule has 0 saturated carbocycles. The first-order valence-electron chi connectivity index (χ1n) is 5.52. The minimum Gasteiger partial charge on any atom is -0.384 e. The number of nitrogen functional groups attached to an aromatic ring is 1. The van der Waals surface area contributed by atoms with Crippen molar-refractivity contribution in [2.45, 2.75) is 26.1 Å². The summed E-state index contributed by atoms with van der Waals surface area (Å²) in [7, 11) is 0. The van der Waals surface area contributed by atoms with Crippen LogP contribution in [0.2, 0.25) is 0 Å². The van der Waals surface area contributed by atoms with Crippen molar-refractivity contribution in [3.63, 3.8) is 0 Å². The van der Waals surface area contributed by atoms with Gasteiger partial charge >= 0.3 is 6.18 Å². The van der Waals surface area contributed by atoms with Crippen LogP contribution in [0.5, 0.6) is 0 Å². The summed E-state index contributed by atoms with van der Waals surface area (Å²) in [4.78, 5) is 3.81. The zero-order valence-electron chi connectivity index (χ0n) is 10.2. The molecule has 0 bridgehead atoms. The van der Waals surface area contributed by atoms with E-state index in [0.29, 0.717) is 13.2 Å². The second-order valence-electron chi connectivity index (χ2n) is 3.87. The lowest BCUT2D eigenvalue weighted by Crippen LogP contribution is -2.23. The number of halogens is 3. The van der Waals surface area contributed by atoms with E-state index in [-0.39, 0.29) is 17.7 Å². The molecule has 1 unspecified atom stereocenters. The van der Waals surface area contributed by atoms with Gasteiger partial charge in [-0.05, 0) is 26.0 Å². The van der Waals surface area contributed by atoms with E-state index < -0.39 is 11.7 Å². The minimum atomic E-state index is -4.43. The Labute approximate surface area is 103 Å². The van der Waals surface area contributed by atoms with Gasteiger partial charge in [-0.1, -0.05) is 0 Å². The first-order valence-corrected chi connectivity index (χ1v) is 5.52. The van der Waals surface area contributed by atoms with Gasteiger partial charge < -0.3 is 15.8 Å². The van der Waals surface area contributed by atoms with Gasteiger partial charge in [0.15, 0.2) is 0 Å². The van der Waals surface area contributed by atoms with E-state index in [1.54, 1.807) is 6.92 Å². The Kier molecular flexibility index (Phi) is 4.77. The Morgan fingerprint density at radius 1 is 1.44 bits per heavy atom. The van der Waals surface area contributed by atoms with Gasteiger partial charge in [-0.3, -0.25) is 0 Å². The number of alkyl halides is 3. The molecule has 0 aliphatic heterocycles. The number of anilines is 2. The highest BCUT2D eigenvalue weighted by Crippen LogP contribution is 2.31. The number of nitrogens with zero attached hydrogens (tertiary/aromatic N) is 1. The van der Waals surface area contributed by atoms with Crippen LogP contribution in [0.25, 0.3) is 0 Å². The predicted octanol–water partition coefficient (Wildman–Crippen LogP) is 2.52. The quantitative estimate of drug-likeness (QED) is 0.857. The molecule has 0 saturated heterocycles. The number of ether oxygens (including phenoxy) is 1. The van der Waals surface area contributed by atoms with Crippen LogP contribution in [0.3, 0.4) is 0 Å². The molecule has 0 aliphatic carbocycles. The molecule has 0 spiro atoms. The lowest BCUT2D eigenvalue weighted by Gasteiger charge is -2.16. The molecule has 0 radical (unpaired) electrons. The van der Waals surface area contributed by atoms with Gasteiger partial charge in [0.25, 0.3) is 0 Å². The maximum absolute atomic E-state index is 12.6. The lowest BCUT2D eigenvalue weighted by atomic mass is 10.2. The van der Waals surface area contributed by atoms with Gasteiger partial charge in [0, 0.05) is 12.6 Å².